The van der Waals surface area contributed by atoms with Crippen LogP contribution in [0.25, 0.3) is 0 Å². The molecule has 2 aromatic rings. The first-order valence-electron chi connectivity index (χ1n) is 8.48. The molecule has 0 unspecified atom stereocenters. The Balaban J connectivity index is 0.000000409. The molecule has 152 valence electrons. The number of thiophene rings is 1. The van der Waals surface area contributed by atoms with Gasteiger partial charge >= 0.3 is 11.9 Å². The summed E-state index contributed by atoms with van der Waals surface area (Å²) >= 11 is 1.75. The Morgan fingerprint density at radius 2 is 1.57 bits per heavy atom. The Hall–Kier alpha value is -2.27. The Morgan fingerprint density at radius 3 is 2.04 bits per heavy atom. The van der Waals surface area contributed by atoms with E-state index in [4.69, 9.17) is 19.8 Å². The Kier molecular flexibility index (Phi) is 7.69. The van der Waals surface area contributed by atoms with Crippen molar-refractivity contribution < 1.29 is 28.2 Å². The van der Waals surface area contributed by atoms with Crippen molar-refractivity contribution in [1.82, 2.24) is 9.21 Å². The fraction of sp³-hybridized carbons (Fsp3) is 0.333. The number of carboxylic acids is 2. The number of nitrogens with zero attached hydrogens (tertiary/aromatic N) is 2. The fourth-order valence-electron chi connectivity index (χ4n) is 2.61. The molecule has 28 heavy (non-hydrogen) atoms. The molecule has 1 aromatic heterocycles. The predicted molar refractivity (Wildman–Crippen MR) is 105 cm³/mol. The molecule has 1 fully saturated rings. The van der Waals surface area contributed by atoms with E-state index in [1.165, 1.54) is 4.88 Å². The topological polar surface area (TPSA) is 115 Å². The summed E-state index contributed by atoms with van der Waals surface area (Å²) in [5, 5.41) is 16.9. The van der Waals surface area contributed by atoms with Crippen LogP contribution in [-0.2, 0) is 26.2 Å². The van der Waals surface area contributed by atoms with Crippen molar-refractivity contribution in [2.75, 3.05) is 26.2 Å². The van der Waals surface area contributed by atoms with Gasteiger partial charge in [-0.05, 0) is 30.5 Å². The minimum absolute atomic E-state index is 0.393. The van der Waals surface area contributed by atoms with Gasteiger partial charge in [-0.2, -0.15) is 4.31 Å². The van der Waals surface area contributed by atoms with Crippen LogP contribution in [0.3, 0.4) is 0 Å². The second-order valence-electron chi connectivity index (χ2n) is 6.18. The molecule has 0 saturated carbocycles. The zero-order valence-corrected chi connectivity index (χ0v) is 16.9. The zero-order chi connectivity index (χ0) is 20.7. The van der Waals surface area contributed by atoms with Gasteiger partial charge in [0.05, 0.1) is 4.90 Å². The number of carboxylic acid groups (broad SMARTS) is 2. The molecule has 2 N–H and O–H groups in total. The number of aryl methyl sites for hydroxylation is 1. The Labute approximate surface area is 167 Å². The zero-order valence-electron chi connectivity index (χ0n) is 15.3. The molecule has 0 radical (unpaired) electrons. The first-order valence-corrected chi connectivity index (χ1v) is 10.8. The number of hydrogen-bond donors (Lipinski definition) is 2. The highest BCUT2D eigenvalue weighted by Crippen LogP contribution is 2.19. The molecular formula is C18H22N2O6S2. The van der Waals surface area contributed by atoms with Crippen LogP contribution < -0.4 is 0 Å². The maximum absolute atomic E-state index is 12.6. The van der Waals surface area contributed by atoms with E-state index >= 15 is 0 Å². The highest BCUT2D eigenvalue weighted by molar-refractivity contribution is 7.89. The van der Waals surface area contributed by atoms with Crippen LogP contribution in [0, 0.1) is 6.92 Å². The summed E-state index contributed by atoms with van der Waals surface area (Å²) in [5.41, 5.74) is 1.07. The molecule has 8 nitrogen and oxygen atoms in total. The predicted octanol–water partition coefficient (Wildman–Crippen LogP) is 1.72. The molecule has 1 aromatic carbocycles. The van der Waals surface area contributed by atoms with Gasteiger partial charge in [0.15, 0.2) is 0 Å². The Bertz CT molecular complexity index is 875. The molecule has 0 spiro atoms. The van der Waals surface area contributed by atoms with Crippen LogP contribution in [0.2, 0.25) is 0 Å². The molecule has 0 amide bonds. The van der Waals surface area contributed by atoms with Crippen LogP contribution in [-0.4, -0.2) is 66.0 Å². The molecule has 1 aliphatic rings. The lowest BCUT2D eigenvalue weighted by atomic mass is 10.2. The van der Waals surface area contributed by atoms with Crippen LogP contribution in [0.4, 0.5) is 0 Å². The van der Waals surface area contributed by atoms with Gasteiger partial charge < -0.3 is 10.2 Å². The smallest absolute Gasteiger partial charge is 0.414 e. The van der Waals surface area contributed by atoms with E-state index in [0.717, 1.165) is 25.2 Å². The number of carbonyl (C=O) groups is 2. The minimum atomic E-state index is -3.35. The number of rotatable bonds is 4. The van der Waals surface area contributed by atoms with E-state index in [0.29, 0.717) is 18.0 Å². The third-order valence-corrected chi connectivity index (χ3v) is 6.91. The van der Waals surface area contributed by atoms with Crippen LogP contribution in [0.5, 0.6) is 0 Å². The van der Waals surface area contributed by atoms with E-state index in [-0.39, 0.29) is 0 Å². The molecule has 0 atom stereocenters. The van der Waals surface area contributed by atoms with E-state index in [9.17, 15) is 8.42 Å². The van der Waals surface area contributed by atoms with Crippen molar-refractivity contribution in [1.29, 1.82) is 0 Å². The van der Waals surface area contributed by atoms with Gasteiger partial charge in [0, 0.05) is 37.6 Å². The number of benzene rings is 1. The van der Waals surface area contributed by atoms with Crippen molar-refractivity contribution >= 4 is 33.3 Å². The first-order chi connectivity index (χ1) is 13.2. The third kappa shape index (κ3) is 6.13. The molecule has 1 aliphatic heterocycles. The summed E-state index contributed by atoms with van der Waals surface area (Å²) in [6.45, 7) is 5.55. The number of hydrogen-bond acceptors (Lipinski definition) is 6. The normalized spacial score (nSPS) is 15.5. The molecule has 2 heterocycles. The lowest BCUT2D eigenvalue weighted by molar-refractivity contribution is -0.159. The third-order valence-electron chi connectivity index (χ3n) is 4.13. The second-order valence-corrected chi connectivity index (χ2v) is 9.15. The van der Waals surface area contributed by atoms with Gasteiger partial charge in [-0.15, -0.1) is 11.3 Å². The summed E-state index contributed by atoms with van der Waals surface area (Å²) in [6.07, 6.45) is 0. The maximum atomic E-state index is 12.6. The second kappa shape index (κ2) is 9.78. The average Bonchev–Trinajstić information content (AvgIpc) is 3.16. The number of aliphatic carboxylic acids is 2. The lowest BCUT2D eigenvalue weighted by Crippen LogP contribution is -2.48. The van der Waals surface area contributed by atoms with E-state index in [1.807, 2.05) is 19.1 Å². The monoisotopic (exact) mass is 426 g/mol. The minimum Gasteiger partial charge on any atom is -0.473 e. The van der Waals surface area contributed by atoms with Gasteiger partial charge in [0.1, 0.15) is 0 Å². The summed E-state index contributed by atoms with van der Waals surface area (Å²) < 4.78 is 26.9. The van der Waals surface area contributed by atoms with Crippen molar-refractivity contribution in [3.05, 3.63) is 52.2 Å². The maximum Gasteiger partial charge on any atom is 0.414 e. The van der Waals surface area contributed by atoms with E-state index < -0.39 is 22.0 Å². The highest BCUT2D eigenvalue weighted by atomic mass is 32.2. The van der Waals surface area contributed by atoms with E-state index in [1.54, 1.807) is 27.8 Å². The van der Waals surface area contributed by atoms with Crippen molar-refractivity contribution in [3.8, 4) is 0 Å². The van der Waals surface area contributed by atoms with Crippen LogP contribution in [0.15, 0.2) is 46.7 Å². The highest BCUT2D eigenvalue weighted by Gasteiger charge is 2.28. The van der Waals surface area contributed by atoms with Crippen molar-refractivity contribution in [3.63, 3.8) is 0 Å². The van der Waals surface area contributed by atoms with Gasteiger partial charge in [0.2, 0.25) is 10.0 Å². The molecule has 10 heteroatoms. The SMILES string of the molecule is Cc1ccc(S(=O)(=O)N2CCN(Cc3cccs3)CC2)cc1.O=C(O)C(=O)O. The standard InChI is InChI=1S/C16H20N2O2S2.C2H2O4/c1-14-4-6-16(7-5-14)22(19,20)18-10-8-17(9-11-18)13-15-3-2-12-21-15;3-1(4)2(5)6/h2-7,12H,8-11,13H2,1H3;(H,3,4)(H,5,6). The summed E-state index contributed by atoms with van der Waals surface area (Å²) in [5.74, 6) is -3.65. The van der Waals surface area contributed by atoms with Crippen LogP contribution >= 0.6 is 11.3 Å². The molecule has 3 rings (SSSR count). The number of sulfonamides is 1. The Morgan fingerprint density at radius 1 is 1.00 bits per heavy atom. The first kappa shape index (κ1) is 22.0. The van der Waals surface area contributed by atoms with Gasteiger partial charge in [-0.1, -0.05) is 23.8 Å². The molecule has 1 saturated heterocycles. The largest absolute Gasteiger partial charge is 0.473 e. The fourth-order valence-corrected chi connectivity index (χ4v) is 4.78. The van der Waals surface area contributed by atoms with Crippen molar-refractivity contribution in [2.24, 2.45) is 0 Å². The molecule has 0 bridgehead atoms. The summed E-state index contributed by atoms with van der Waals surface area (Å²) in [6, 6.07) is 11.3. The van der Waals surface area contributed by atoms with Crippen LogP contribution in [0.1, 0.15) is 10.4 Å². The molecular weight excluding hydrogens is 404 g/mol. The quantitative estimate of drug-likeness (QED) is 0.715. The van der Waals surface area contributed by atoms with Gasteiger partial charge in [0.25, 0.3) is 0 Å². The van der Waals surface area contributed by atoms with E-state index in [2.05, 4.69) is 22.4 Å². The summed E-state index contributed by atoms with van der Waals surface area (Å²) in [4.78, 5) is 22.2. The summed E-state index contributed by atoms with van der Waals surface area (Å²) in [7, 11) is -3.35. The number of piperazine rings is 1. The average molecular weight is 427 g/mol. The molecule has 0 aliphatic carbocycles. The van der Waals surface area contributed by atoms with Gasteiger partial charge in [-0.3, -0.25) is 4.90 Å². The van der Waals surface area contributed by atoms with Crippen molar-refractivity contribution in [2.45, 2.75) is 18.4 Å². The van der Waals surface area contributed by atoms with Gasteiger partial charge in [-0.25, -0.2) is 18.0 Å². The lowest BCUT2D eigenvalue weighted by Gasteiger charge is -2.33.